The second-order valence-electron chi connectivity index (χ2n) is 3.68. The van der Waals surface area contributed by atoms with E-state index in [0.717, 1.165) is 6.26 Å². The topological polar surface area (TPSA) is 111 Å². The van der Waals surface area contributed by atoms with Gasteiger partial charge in [0.05, 0.1) is 7.11 Å². The van der Waals surface area contributed by atoms with Crippen molar-refractivity contribution < 1.29 is 33.7 Å². The molecule has 8 nitrogen and oxygen atoms in total. The minimum Gasteiger partial charge on any atom is -0.494 e. The molecule has 1 aliphatic rings. The number of carboxylic acid groups (broad SMARTS) is 1. The zero-order valence-electron chi connectivity index (χ0n) is 10.4. The van der Waals surface area contributed by atoms with E-state index >= 15 is 0 Å². The number of rotatable bonds is 6. The number of carboxylic acids is 1. The smallest absolute Gasteiger partial charge is 0.326 e. The number of esters is 1. The molecule has 1 atom stereocenters. The van der Waals surface area contributed by atoms with Gasteiger partial charge in [-0.25, -0.2) is 4.79 Å². The Morgan fingerprint density at radius 3 is 2.74 bits per heavy atom. The van der Waals surface area contributed by atoms with Gasteiger partial charge in [-0.15, -0.1) is 0 Å². The molecule has 0 aliphatic carbocycles. The highest BCUT2D eigenvalue weighted by molar-refractivity contribution is 5.94. The minimum absolute atomic E-state index is 0.0676. The molecule has 0 aromatic carbocycles. The summed E-state index contributed by atoms with van der Waals surface area (Å²) < 4.78 is 14.3. The second kappa shape index (κ2) is 7.24. The lowest BCUT2D eigenvalue weighted by atomic mass is 10.1. The van der Waals surface area contributed by atoms with Crippen molar-refractivity contribution in [3.8, 4) is 0 Å². The molecule has 0 radical (unpaired) electrons. The van der Waals surface area contributed by atoms with Crippen LogP contribution in [0.2, 0.25) is 0 Å². The summed E-state index contributed by atoms with van der Waals surface area (Å²) in [6.45, 7) is 0.556. The third-order valence-corrected chi connectivity index (χ3v) is 2.34. The molecule has 0 bridgehead atoms. The molecular weight excluding hydrogens is 258 g/mol. The molecule has 19 heavy (non-hydrogen) atoms. The lowest BCUT2D eigenvalue weighted by Gasteiger charge is -2.18. The average Bonchev–Trinajstić information content (AvgIpc) is 2.43. The van der Waals surface area contributed by atoms with E-state index in [-0.39, 0.29) is 25.2 Å². The van der Waals surface area contributed by atoms with Crippen LogP contribution in [0.3, 0.4) is 0 Å². The predicted octanol–water partition coefficient (Wildman–Crippen LogP) is -0.603. The summed E-state index contributed by atoms with van der Waals surface area (Å²) in [6, 6.07) is -1.20. The maximum absolute atomic E-state index is 11.7. The van der Waals surface area contributed by atoms with E-state index in [0.29, 0.717) is 6.61 Å². The molecule has 1 amide bonds. The highest BCUT2D eigenvalue weighted by Gasteiger charge is 2.24. The van der Waals surface area contributed by atoms with Gasteiger partial charge in [0, 0.05) is 6.42 Å². The zero-order valence-corrected chi connectivity index (χ0v) is 10.4. The molecule has 1 rings (SSSR count). The van der Waals surface area contributed by atoms with E-state index in [1.54, 1.807) is 0 Å². The van der Waals surface area contributed by atoms with Crippen LogP contribution in [-0.4, -0.2) is 49.3 Å². The predicted molar refractivity (Wildman–Crippen MR) is 60.8 cm³/mol. The Balaban J connectivity index is 2.53. The summed E-state index contributed by atoms with van der Waals surface area (Å²) in [4.78, 5) is 33.6. The molecule has 0 fully saturated rings. The molecule has 1 aliphatic heterocycles. The average molecular weight is 273 g/mol. The highest BCUT2D eigenvalue weighted by Crippen LogP contribution is 2.06. The van der Waals surface area contributed by atoms with Gasteiger partial charge < -0.3 is 24.6 Å². The molecule has 2 N–H and O–H groups in total. The van der Waals surface area contributed by atoms with Crippen LogP contribution in [0, 0.1) is 0 Å². The summed E-state index contributed by atoms with van der Waals surface area (Å²) in [5, 5.41) is 11.2. The largest absolute Gasteiger partial charge is 0.494 e. The van der Waals surface area contributed by atoms with Crippen LogP contribution < -0.4 is 5.32 Å². The van der Waals surface area contributed by atoms with Crippen molar-refractivity contribution in [2.45, 2.75) is 18.9 Å². The van der Waals surface area contributed by atoms with Gasteiger partial charge >= 0.3 is 11.9 Å². The van der Waals surface area contributed by atoms with Crippen molar-refractivity contribution in [3.63, 3.8) is 0 Å². The quantitative estimate of drug-likeness (QED) is 0.621. The van der Waals surface area contributed by atoms with Gasteiger partial charge in [0.2, 0.25) is 5.76 Å². The zero-order chi connectivity index (χ0) is 14.3. The Kier molecular flexibility index (Phi) is 5.65. The summed E-state index contributed by atoms with van der Waals surface area (Å²) >= 11 is 0. The van der Waals surface area contributed by atoms with Gasteiger partial charge in [-0.3, -0.25) is 9.59 Å². The molecular formula is C11H15NO7. The molecule has 1 heterocycles. The summed E-state index contributed by atoms with van der Waals surface area (Å²) in [6.07, 6.45) is 0.948. The number of methoxy groups -OCH3 is 1. The van der Waals surface area contributed by atoms with E-state index in [4.69, 9.17) is 14.6 Å². The molecule has 0 saturated heterocycles. The Morgan fingerprint density at radius 1 is 1.47 bits per heavy atom. The van der Waals surface area contributed by atoms with Gasteiger partial charge in [0.15, 0.2) is 0 Å². The number of nitrogens with one attached hydrogen (secondary N) is 1. The fourth-order valence-electron chi connectivity index (χ4n) is 1.34. The number of ether oxygens (including phenoxy) is 3. The third kappa shape index (κ3) is 4.86. The number of hydrogen-bond donors (Lipinski definition) is 2. The third-order valence-electron chi connectivity index (χ3n) is 2.34. The number of carbonyl (C=O) groups excluding carboxylic acids is 2. The molecule has 8 heteroatoms. The first-order valence-corrected chi connectivity index (χ1v) is 5.59. The van der Waals surface area contributed by atoms with E-state index in [1.165, 1.54) is 7.11 Å². The van der Waals surface area contributed by atoms with Crippen LogP contribution in [0.25, 0.3) is 0 Å². The van der Waals surface area contributed by atoms with Crippen LogP contribution in [0.1, 0.15) is 12.8 Å². The minimum atomic E-state index is -1.24. The van der Waals surface area contributed by atoms with Crippen LogP contribution in [0.5, 0.6) is 0 Å². The first-order chi connectivity index (χ1) is 9.04. The van der Waals surface area contributed by atoms with Crippen molar-refractivity contribution in [2.24, 2.45) is 0 Å². The maximum Gasteiger partial charge on any atom is 0.326 e. The number of amides is 1. The highest BCUT2D eigenvalue weighted by atomic mass is 16.6. The molecule has 106 valence electrons. The van der Waals surface area contributed by atoms with E-state index in [9.17, 15) is 14.4 Å². The SMILES string of the molecule is COC(=O)CC[C@H](NC(=O)C1=COCCO1)C(=O)O. The van der Waals surface area contributed by atoms with Crippen LogP contribution >= 0.6 is 0 Å². The number of aliphatic carboxylic acids is 1. The fourth-order valence-corrected chi connectivity index (χ4v) is 1.34. The Morgan fingerprint density at radius 2 is 2.21 bits per heavy atom. The standard InChI is InChI=1S/C11H15NO7/c1-17-9(13)3-2-7(11(15)16)12-10(14)8-6-18-4-5-19-8/h6-7H,2-5H2,1H3,(H,12,14)(H,15,16)/t7-/m0/s1. The van der Waals surface area contributed by atoms with Crippen molar-refractivity contribution in [1.29, 1.82) is 0 Å². The van der Waals surface area contributed by atoms with Gasteiger partial charge in [0.1, 0.15) is 25.5 Å². The van der Waals surface area contributed by atoms with Crippen molar-refractivity contribution in [3.05, 3.63) is 12.0 Å². The first kappa shape index (κ1) is 14.8. The van der Waals surface area contributed by atoms with Crippen LogP contribution in [0.15, 0.2) is 12.0 Å². The van der Waals surface area contributed by atoms with E-state index < -0.39 is 23.9 Å². The summed E-state index contributed by atoms with van der Waals surface area (Å²) in [5.41, 5.74) is 0. The molecule has 0 aromatic rings. The molecule has 0 saturated carbocycles. The first-order valence-electron chi connectivity index (χ1n) is 5.59. The van der Waals surface area contributed by atoms with Crippen LogP contribution in [0.4, 0.5) is 0 Å². The molecule has 0 aromatic heterocycles. The Hall–Kier alpha value is -2.25. The molecule has 0 unspecified atom stereocenters. The second-order valence-corrected chi connectivity index (χ2v) is 3.68. The maximum atomic E-state index is 11.7. The molecule has 0 spiro atoms. The van der Waals surface area contributed by atoms with Crippen molar-refractivity contribution >= 4 is 17.8 Å². The van der Waals surface area contributed by atoms with Crippen molar-refractivity contribution in [1.82, 2.24) is 5.32 Å². The summed E-state index contributed by atoms with van der Waals surface area (Å²) in [5.74, 6) is -2.57. The number of hydrogen-bond acceptors (Lipinski definition) is 6. The Labute approximate surface area is 109 Å². The lowest BCUT2D eigenvalue weighted by molar-refractivity contribution is -0.144. The Bertz CT molecular complexity index is 391. The van der Waals surface area contributed by atoms with E-state index in [1.807, 2.05) is 0 Å². The summed E-state index contributed by atoms with van der Waals surface area (Å²) in [7, 11) is 1.20. The lowest BCUT2D eigenvalue weighted by Crippen LogP contribution is -2.42. The van der Waals surface area contributed by atoms with Gasteiger partial charge in [-0.2, -0.15) is 0 Å². The monoisotopic (exact) mass is 273 g/mol. The van der Waals surface area contributed by atoms with Crippen molar-refractivity contribution in [2.75, 3.05) is 20.3 Å². The fraction of sp³-hybridized carbons (Fsp3) is 0.545. The van der Waals surface area contributed by atoms with Gasteiger partial charge in [0.25, 0.3) is 5.91 Å². The van der Waals surface area contributed by atoms with Gasteiger partial charge in [-0.05, 0) is 6.42 Å². The van der Waals surface area contributed by atoms with E-state index in [2.05, 4.69) is 10.1 Å². The normalized spacial score (nSPS) is 15.3. The van der Waals surface area contributed by atoms with Crippen LogP contribution in [-0.2, 0) is 28.6 Å². The number of carbonyl (C=O) groups is 3. The van der Waals surface area contributed by atoms with Gasteiger partial charge in [-0.1, -0.05) is 0 Å².